The molecular weight excluding hydrogens is 380 g/mol. The van der Waals surface area contributed by atoms with E-state index in [1.165, 1.54) is 0 Å². The molecule has 2 atom stereocenters. The van der Waals surface area contributed by atoms with Crippen LogP contribution in [0.4, 0.5) is 0 Å². The van der Waals surface area contributed by atoms with Gasteiger partial charge in [-0.3, -0.25) is 9.59 Å². The van der Waals surface area contributed by atoms with Crippen LogP contribution in [0.5, 0.6) is 5.75 Å². The van der Waals surface area contributed by atoms with Crippen molar-refractivity contribution in [3.8, 4) is 16.9 Å². The fourth-order valence-corrected chi connectivity index (χ4v) is 4.19. The zero-order valence-electron chi connectivity index (χ0n) is 17.5. The number of amides is 2. The average molecular weight is 408 g/mol. The number of ether oxygens (including phenoxy) is 2. The van der Waals surface area contributed by atoms with Gasteiger partial charge in [0.15, 0.2) is 0 Å². The maximum absolute atomic E-state index is 13.0. The van der Waals surface area contributed by atoms with E-state index in [1.807, 2.05) is 48.5 Å². The molecule has 30 heavy (non-hydrogen) atoms. The van der Waals surface area contributed by atoms with Gasteiger partial charge in [-0.05, 0) is 41.7 Å². The fraction of sp³-hybridized carbons (Fsp3) is 0.417. The Morgan fingerprint density at radius 2 is 1.93 bits per heavy atom. The van der Waals surface area contributed by atoms with Crippen LogP contribution in [0, 0.1) is 0 Å². The lowest BCUT2D eigenvalue weighted by molar-refractivity contribution is -0.155. The molecule has 2 aliphatic rings. The van der Waals surface area contributed by atoms with Crippen LogP contribution in [0.25, 0.3) is 11.1 Å². The Labute approximate surface area is 177 Å². The minimum Gasteiger partial charge on any atom is -0.497 e. The number of piperazine rings is 1. The molecule has 2 aliphatic heterocycles. The van der Waals surface area contributed by atoms with E-state index >= 15 is 0 Å². The molecule has 0 spiro atoms. The van der Waals surface area contributed by atoms with E-state index in [9.17, 15) is 9.59 Å². The van der Waals surface area contributed by atoms with Crippen LogP contribution >= 0.6 is 0 Å². The third-order valence-electron chi connectivity index (χ3n) is 5.99. The zero-order chi connectivity index (χ0) is 21.1. The van der Waals surface area contributed by atoms with Crippen molar-refractivity contribution in [2.24, 2.45) is 0 Å². The Hall–Kier alpha value is -2.86. The van der Waals surface area contributed by atoms with E-state index in [4.69, 9.17) is 9.47 Å². The molecule has 2 aromatic carbocycles. The molecule has 0 N–H and O–H groups in total. The summed E-state index contributed by atoms with van der Waals surface area (Å²) in [6.45, 7) is 1.73. The number of rotatable bonds is 5. The Bertz CT molecular complexity index is 906. The topological polar surface area (TPSA) is 59.1 Å². The van der Waals surface area contributed by atoms with Crippen LogP contribution in [-0.4, -0.2) is 67.6 Å². The highest BCUT2D eigenvalue weighted by Crippen LogP contribution is 2.26. The van der Waals surface area contributed by atoms with Crippen molar-refractivity contribution in [2.45, 2.75) is 31.4 Å². The molecule has 0 aromatic heterocycles. The highest BCUT2D eigenvalue weighted by Gasteiger charge is 2.39. The van der Waals surface area contributed by atoms with E-state index in [0.29, 0.717) is 26.1 Å². The van der Waals surface area contributed by atoms with E-state index in [2.05, 4.69) is 0 Å². The summed E-state index contributed by atoms with van der Waals surface area (Å²) in [5.41, 5.74) is 3.18. The molecule has 2 saturated heterocycles. The molecule has 0 unspecified atom stereocenters. The van der Waals surface area contributed by atoms with Crippen LogP contribution in [-0.2, 0) is 20.7 Å². The molecule has 2 fully saturated rings. The van der Waals surface area contributed by atoms with E-state index in [1.54, 1.807) is 24.0 Å². The maximum Gasteiger partial charge on any atom is 0.252 e. The smallest absolute Gasteiger partial charge is 0.252 e. The molecular formula is C24H28N2O4. The Balaban J connectivity index is 1.52. The summed E-state index contributed by atoms with van der Waals surface area (Å²) in [7, 11) is 3.46. The first-order valence-corrected chi connectivity index (χ1v) is 10.5. The second-order valence-corrected chi connectivity index (χ2v) is 7.94. The second-order valence-electron chi connectivity index (χ2n) is 7.94. The normalized spacial score (nSPS) is 21.7. The molecule has 0 saturated carbocycles. The number of likely N-dealkylation sites (N-methyl/N-ethyl adjacent to an activating group) is 1. The number of methoxy groups -OCH3 is 1. The Morgan fingerprint density at radius 3 is 2.63 bits per heavy atom. The lowest BCUT2D eigenvalue weighted by Gasteiger charge is -2.40. The molecule has 4 rings (SSSR count). The first-order valence-electron chi connectivity index (χ1n) is 10.5. The molecule has 2 heterocycles. The van der Waals surface area contributed by atoms with Gasteiger partial charge in [-0.15, -0.1) is 0 Å². The fourth-order valence-electron chi connectivity index (χ4n) is 4.19. The van der Waals surface area contributed by atoms with Crippen molar-refractivity contribution < 1.29 is 19.1 Å². The summed E-state index contributed by atoms with van der Waals surface area (Å²) in [5, 5.41) is 0. The summed E-state index contributed by atoms with van der Waals surface area (Å²) < 4.78 is 10.9. The van der Waals surface area contributed by atoms with Crippen LogP contribution in [0.2, 0.25) is 0 Å². The standard InChI is InChI=1S/C24H28N2O4/c1-25-12-13-26(24(28)22-7-4-14-30-22)21(23(25)27)15-17-8-10-18(11-9-17)19-5-3-6-20(16-19)29-2/h3,5-6,8-11,16,21-22H,4,7,12-15H2,1-2H3/t21-,22+/m0/s1. The van der Waals surface area contributed by atoms with Gasteiger partial charge < -0.3 is 19.3 Å². The van der Waals surface area contributed by atoms with Gasteiger partial charge in [0, 0.05) is 33.2 Å². The molecule has 158 valence electrons. The highest BCUT2D eigenvalue weighted by molar-refractivity contribution is 5.90. The van der Waals surface area contributed by atoms with Crippen molar-refractivity contribution in [3.05, 3.63) is 54.1 Å². The molecule has 6 nitrogen and oxygen atoms in total. The first-order chi connectivity index (χ1) is 14.6. The van der Waals surface area contributed by atoms with Crippen molar-refractivity contribution in [1.82, 2.24) is 9.80 Å². The summed E-state index contributed by atoms with van der Waals surface area (Å²) in [6, 6.07) is 15.6. The molecule has 0 bridgehead atoms. The van der Waals surface area contributed by atoms with Gasteiger partial charge in [0.05, 0.1) is 7.11 Å². The van der Waals surface area contributed by atoms with Crippen molar-refractivity contribution in [2.75, 3.05) is 33.9 Å². The Kier molecular flexibility index (Phi) is 6.04. The number of hydrogen-bond donors (Lipinski definition) is 0. The summed E-state index contributed by atoms with van der Waals surface area (Å²) in [5.74, 6) is 0.757. The number of benzene rings is 2. The minimum atomic E-state index is -0.483. The lowest BCUT2D eigenvalue weighted by Crippen LogP contribution is -2.60. The number of hydrogen-bond acceptors (Lipinski definition) is 4. The maximum atomic E-state index is 13.0. The predicted molar refractivity (Wildman–Crippen MR) is 114 cm³/mol. The van der Waals surface area contributed by atoms with Crippen molar-refractivity contribution in [1.29, 1.82) is 0 Å². The van der Waals surface area contributed by atoms with Crippen LogP contribution in [0.3, 0.4) is 0 Å². The molecule has 0 radical (unpaired) electrons. The third-order valence-corrected chi connectivity index (χ3v) is 5.99. The average Bonchev–Trinajstić information content (AvgIpc) is 3.32. The minimum absolute atomic E-state index is 0.00975. The van der Waals surface area contributed by atoms with Gasteiger partial charge in [-0.1, -0.05) is 36.4 Å². The van der Waals surface area contributed by atoms with Gasteiger partial charge in [0.2, 0.25) is 5.91 Å². The third kappa shape index (κ3) is 4.19. The highest BCUT2D eigenvalue weighted by atomic mass is 16.5. The van der Waals surface area contributed by atoms with E-state index in [0.717, 1.165) is 35.3 Å². The zero-order valence-corrected chi connectivity index (χ0v) is 17.5. The SMILES string of the molecule is COc1cccc(-c2ccc(C[C@H]3C(=O)N(C)CCN3C(=O)[C@H]3CCCO3)cc2)c1. The largest absolute Gasteiger partial charge is 0.497 e. The first kappa shape index (κ1) is 20.4. The summed E-state index contributed by atoms with van der Waals surface area (Å²) >= 11 is 0. The monoisotopic (exact) mass is 408 g/mol. The van der Waals surface area contributed by atoms with Crippen molar-refractivity contribution in [3.63, 3.8) is 0 Å². The van der Waals surface area contributed by atoms with Crippen molar-refractivity contribution >= 4 is 11.8 Å². The lowest BCUT2D eigenvalue weighted by atomic mass is 9.97. The second kappa shape index (κ2) is 8.88. The number of carbonyl (C=O) groups excluding carboxylic acids is 2. The Morgan fingerprint density at radius 1 is 1.13 bits per heavy atom. The van der Waals surface area contributed by atoms with Gasteiger partial charge >= 0.3 is 0 Å². The predicted octanol–water partition coefficient (Wildman–Crippen LogP) is 2.75. The van der Waals surface area contributed by atoms with Gasteiger partial charge in [0.1, 0.15) is 17.9 Å². The molecule has 2 amide bonds. The van der Waals surface area contributed by atoms with Crippen LogP contribution in [0.15, 0.2) is 48.5 Å². The van der Waals surface area contributed by atoms with Crippen LogP contribution < -0.4 is 4.74 Å². The molecule has 2 aromatic rings. The van der Waals surface area contributed by atoms with Crippen LogP contribution in [0.1, 0.15) is 18.4 Å². The van der Waals surface area contributed by atoms with E-state index < -0.39 is 12.1 Å². The van der Waals surface area contributed by atoms with Gasteiger partial charge in [-0.25, -0.2) is 0 Å². The molecule has 6 heteroatoms. The quantitative estimate of drug-likeness (QED) is 0.763. The number of nitrogens with zero attached hydrogens (tertiary/aromatic N) is 2. The summed E-state index contributed by atoms with van der Waals surface area (Å²) in [4.78, 5) is 29.3. The van der Waals surface area contributed by atoms with Gasteiger partial charge in [0.25, 0.3) is 5.91 Å². The number of carbonyl (C=O) groups is 2. The van der Waals surface area contributed by atoms with Gasteiger partial charge in [-0.2, -0.15) is 0 Å². The van der Waals surface area contributed by atoms with E-state index in [-0.39, 0.29) is 11.8 Å². The molecule has 0 aliphatic carbocycles. The summed E-state index contributed by atoms with van der Waals surface area (Å²) in [6.07, 6.45) is 1.73.